The third-order valence-electron chi connectivity index (χ3n) is 2.00. The van der Waals surface area contributed by atoms with Gasteiger partial charge in [0.25, 0.3) is 0 Å². The molecule has 0 aliphatic heterocycles. The molecule has 0 aromatic carbocycles. The summed E-state index contributed by atoms with van der Waals surface area (Å²) >= 11 is 0. The van der Waals surface area contributed by atoms with Crippen LogP contribution >= 0.6 is 0 Å². The van der Waals surface area contributed by atoms with Gasteiger partial charge in [-0.2, -0.15) is 5.10 Å². The lowest BCUT2D eigenvalue weighted by Crippen LogP contribution is -2.14. The molecule has 1 N–H and O–H groups in total. The van der Waals surface area contributed by atoms with Gasteiger partial charge in [-0.05, 0) is 26.8 Å². The quantitative estimate of drug-likeness (QED) is 0.709. The largest absolute Gasteiger partial charge is 0.312 e. The minimum absolute atomic E-state index is 0.252. The predicted molar refractivity (Wildman–Crippen MR) is 54.9 cm³/mol. The number of nitrogens with zero attached hydrogens (tertiary/aromatic N) is 2. The van der Waals surface area contributed by atoms with Gasteiger partial charge in [0.2, 0.25) is 0 Å². The third-order valence-corrected chi connectivity index (χ3v) is 2.00. The van der Waals surface area contributed by atoms with Crippen molar-refractivity contribution in [1.82, 2.24) is 15.1 Å². The SMILES string of the molecule is CC(C)n1cc(CNCCCF)cn1. The van der Waals surface area contributed by atoms with Gasteiger partial charge in [-0.1, -0.05) is 0 Å². The number of aromatic nitrogens is 2. The van der Waals surface area contributed by atoms with Gasteiger partial charge in [-0.25, -0.2) is 0 Å². The highest BCUT2D eigenvalue weighted by molar-refractivity contribution is 5.03. The van der Waals surface area contributed by atoms with E-state index in [2.05, 4.69) is 24.3 Å². The molecule has 0 bridgehead atoms. The van der Waals surface area contributed by atoms with Crippen molar-refractivity contribution in [2.24, 2.45) is 0 Å². The van der Waals surface area contributed by atoms with Crippen LogP contribution in [0.1, 0.15) is 31.9 Å². The van der Waals surface area contributed by atoms with Crippen molar-refractivity contribution in [3.8, 4) is 0 Å². The molecule has 1 aromatic rings. The predicted octanol–water partition coefficient (Wildman–Crippen LogP) is 1.91. The fourth-order valence-electron chi connectivity index (χ4n) is 1.18. The maximum absolute atomic E-state index is 11.8. The Hall–Kier alpha value is -0.900. The first-order chi connectivity index (χ1) is 6.74. The normalized spacial score (nSPS) is 11.1. The third kappa shape index (κ3) is 3.46. The second-order valence-corrected chi connectivity index (χ2v) is 3.64. The second kappa shape index (κ2) is 5.75. The number of halogens is 1. The van der Waals surface area contributed by atoms with E-state index in [0.29, 0.717) is 12.5 Å². The Morgan fingerprint density at radius 2 is 2.36 bits per heavy atom. The van der Waals surface area contributed by atoms with Crippen LogP contribution < -0.4 is 5.32 Å². The lowest BCUT2D eigenvalue weighted by atomic mass is 10.3. The topological polar surface area (TPSA) is 29.9 Å². The molecule has 0 fully saturated rings. The molecule has 0 amide bonds. The first-order valence-corrected chi connectivity index (χ1v) is 5.03. The average Bonchev–Trinajstić information content (AvgIpc) is 2.61. The average molecular weight is 199 g/mol. The number of nitrogens with one attached hydrogen (secondary N) is 1. The summed E-state index contributed by atoms with van der Waals surface area (Å²) in [6.45, 7) is 5.43. The lowest BCUT2D eigenvalue weighted by molar-refractivity contribution is 0.459. The van der Waals surface area contributed by atoms with Crippen LogP contribution in [0.2, 0.25) is 0 Å². The van der Waals surface area contributed by atoms with E-state index in [1.54, 1.807) is 0 Å². The molecule has 80 valence electrons. The first-order valence-electron chi connectivity index (χ1n) is 5.03. The maximum atomic E-state index is 11.8. The van der Waals surface area contributed by atoms with E-state index in [1.807, 2.05) is 17.1 Å². The Labute approximate surface area is 84.3 Å². The van der Waals surface area contributed by atoms with Gasteiger partial charge < -0.3 is 5.32 Å². The summed E-state index contributed by atoms with van der Waals surface area (Å²) < 4.78 is 13.7. The fraction of sp³-hybridized carbons (Fsp3) is 0.700. The van der Waals surface area contributed by atoms with Crippen LogP contribution in [-0.4, -0.2) is 23.0 Å². The Morgan fingerprint density at radius 1 is 1.57 bits per heavy atom. The van der Waals surface area contributed by atoms with Crippen molar-refractivity contribution in [3.05, 3.63) is 18.0 Å². The monoisotopic (exact) mass is 199 g/mol. The zero-order chi connectivity index (χ0) is 10.4. The molecule has 0 saturated heterocycles. The summed E-state index contributed by atoms with van der Waals surface area (Å²) in [7, 11) is 0. The molecular formula is C10H18FN3. The van der Waals surface area contributed by atoms with Crippen LogP contribution in [0.15, 0.2) is 12.4 Å². The maximum Gasteiger partial charge on any atom is 0.0906 e. The van der Waals surface area contributed by atoms with E-state index in [-0.39, 0.29) is 6.67 Å². The molecule has 0 spiro atoms. The fourth-order valence-corrected chi connectivity index (χ4v) is 1.18. The molecule has 1 heterocycles. The van der Waals surface area contributed by atoms with Gasteiger partial charge in [-0.3, -0.25) is 9.07 Å². The summed E-state index contributed by atoms with van der Waals surface area (Å²) in [6, 6.07) is 0.398. The van der Waals surface area contributed by atoms with Crippen LogP contribution in [0.4, 0.5) is 4.39 Å². The summed E-state index contributed by atoms with van der Waals surface area (Å²) in [5, 5.41) is 7.38. The molecule has 1 rings (SSSR count). The molecule has 0 aliphatic rings. The highest BCUT2D eigenvalue weighted by Gasteiger charge is 2.00. The molecule has 4 heteroatoms. The van der Waals surface area contributed by atoms with E-state index in [9.17, 15) is 4.39 Å². The van der Waals surface area contributed by atoms with Crippen molar-refractivity contribution in [3.63, 3.8) is 0 Å². The minimum atomic E-state index is -0.252. The summed E-state index contributed by atoms with van der Waals surface area (Å²) in [4.78, 5) is 0. The number of hydrogen-bond donors (Lipinski definition) is 1. The molecule has 0 aliphatic carbocycles. The molecule has 0 radical (unpaired) electrons. The number of hydrogen-bond acceptors (Lipinski definition) is 2. The van der Waals surface area contributed by atoms with Gasteiger partial charge in [-0.15, -0.1) is 0 Å². The van der Waals surface area contributed by atoms with Gasteiger partial charge in [0.1, 0.15) is 0 Å². The van der Waals surface area contributed by atoms with Crippen LogP contribution in [0, 0.1) is 0 Å². The molecule has 0 unspecified atom stereocenters. The van der Waals surface area contributed by atoms with Crippen LogP contribution in [0.25, 0.3) is 0 Å². The molecule has 0 saturated carbocycles. The van der Waals surface area contributed by atoms with Crippen molar-refractivity contribution < 1.29 is 4.39 Å². The van der Waals surface area contributed by atoms with Gasteiger partial charge >= 0.3 is 0 Å². The standard InChI is InChI=1S/C10H18FN3/c1-9(2)14-8-10(7-13-14)6-12-5-3-4-11/h7-9,12H,3-6H2,1-2H3. The van der Waals surface area contributed by atoms with Gasteiger partial charge in [0, 0.05) is 24.3 Å². The van der Waals surface area contributed by atoms with E-state index in [0.717, 1.165) is 18.7 Å². The van der Waals surface area contributed by atoms with Crippen LogP contribution in [0.5, 0.6) is 0 Å². The van der Waals surface area contributed by atoms with E-state index in [1.165, 1.54) is 0 Å². The molecule has 14 heavy (non-hydrogen) atoms. The Morgan fingerprint density at radius 3 is 2.93 bits per heavy atom. The Balaban J connectivity index is 2.29. The smallest absolute Gasteiger partial charge is 0.0906 e. The molecule has 3 nitrogen and oxygen atoms in total. The number of alkyl halides is 1. The van der Waals surface area contributed by atoms with Crippen molar-refractivity contribution in [2.75, 3.05) is 13.2 Å². The lowest BCUT2D eigenvalue weighted by Gasteiger charge is -2.03. The first kappa shape index (κ1) is 11.2. The summed E-state index contributed by atoms with van der Waals surface area (Å²) in [6.07, 6.45) is 4.45. The van der Waals surface area contributed by atoms with Gasteiger partial charge in [0.05, 0.1) is 12.9 Å². The van der Waals surface area contributed by atoms with Crippen molar-refractivity contribution in [1.29, 1.82) is 0 Å². The van der Waals surface area contributed by atoms with E-state index in [4.69, 9.17) is 0 Å². The summed E-state index contributed by atoms with van der Waals surface area (Å²) in [5.41, 5.74) is 1.15. The number of rotatable bonds is 6. The van der Waals surface area contributed by atoms with Crippen LogP contribution in [0.3, 0.4) is 0 Å². The Kier molecular flexibility index (Phi) is 4.59. The second-order valence-electron chi connectivity index (χ2n) is 3.64. The van der Waals surface area contributed by atoms with Crippen molar-refractivity contribution >= 4 is 0 Å². The molecule has 0 atom stereocenters. The highest BCUT2D eigenvalue weighted by atomic mass is 19.1. The zero-order valence-corrected chi connectivity index (χ0v) is 8.83. The summed E-state index contributed by atoms with van der Waals surface area (Å²) in [5.74, 6) is 0. The van der Waals surface area contributed by atoms with E-state index >= 15 is 0 Å². The van der Waals surface area contributed by atoms with Gasteiger partial charge in [0.15, 0.2) is 0 Å². The highest BCUT2D eigenvalue weighted by Crippen LogP contribution is 2.04. The van der Waals surface area contributed by atoms with E-state index < -0.39 is 0 Å². The Bertz CT molecular complexity index is 258. The van der Waals surface area contributed by atoms with Crippen molar-refractivity contribution in [2.45, 2.75) is 32.9 Å². The zero-order valence-electron chi connectivity index (χ0n) is 8.83. The minimum Gasteiger partial charge on any atom is -0.312 e. The molecule has 1 aromatic heterocycles. The molecular weight excluding hydrogens is 181 g/mol. The van der Waals surface area contributed by atoms with Crippen LogP contribution in [-0.2, 0) is 6.54 Å².